The molecule has 0 amide bonds. The second-order valence-corrected chi connectivity index (χ2v) is 9.72. The van der Waals surface area contributed by atoms with Gasteiger partial charge in [-0.05, 0) is 49.1 Å². The van der Waals surface area contributed by atoms with E-state index in [4.69, 9.17) is 4.74 Å². The van der Waals surface area contributed by atoms with E-state index in [9.17, 15) is 8.76 Å². The van der Waals surface area contributed by atoms with Gasteiger partial charge < -0.3 is 9.29 Å². The van der Waals surface area contributed by atoms with Crippen molar-refractivity contribution < 1.29 is 13.5 Å². The number of methoxy groups -OCH3 is 1. The largest absolute Gasteiger partial charge is 0.592 e. The smallest absolute Gasteiger partial charge is 0.229 e. The van der Waals surface area contributed by atoms with Gasteiger partial charge in [0, 0.05) is 35.9 Å². The molecule has 1 unspecified atom stereocenters. The normalized spacial score (nSPS) is 16.8. The zero-order valence-electron chi connectivity index (χ0n) is 15.8. The number of benzene rings is 1. The lowest BCUT2D eigenvalue weighted by Crippen LogP contribution is -2.37. The maximum atomic E-state index is 12.9. The van der Waals surface area contributed by atoms with E-state index in [2.05, 4.69) is 9.97 Å². The monoisotopic (exact) mass is 415 g/mol. The lowest BCUT2D eigenvalue weighted by Gasteiger charge is -2.24. The van der Waals surface area contributed by atoms with Crippen molar-refractivity contribution in [3.05, 3.63) is 58.9 Å². The molecule has 3 aromatic rings. The topological polar surface area (TPSA) is 78.4 Å². The number of ether oxygens (including phenoxy) is 1. The van der Waals surface area contributed by atoms with Crippen LogP contribution in [0.4, 0.5) is 0 Å². The molecule has 0 aliphatic carbocycles. The maximum absolute atomic E-state index is 12.9. The number of nitrogens with zero attached hydrogens (tertiary/aromatic N) is 3. The molecule has 6 nitrogen and oxygen atoms in total. The predicted octanol–water partition coefficient (Wildman–Crippen LogP) is 3.53. The summed E-state index contributed by atoms with van der Waals surface area (Å²) in [5.74, 6) is 1.48. The molecule has 0 saturated carbocycles. The third-order valence-corrected chi connectivity index (χ3v) is 8.14. The number of hydrogen-bond donors (Lipinski definition) is 0. The van der Waals surface area contributed by atoms with Crippen molar-refractivity contribution in [2.24, 2.45) is 0 Å². The predicted molar refractivity (Wildman–Crippen MR) is 109 cm³/mol. The van der Waals surface area contributed by atoms with Crippen LogP contribution in [0.1, 0.15) is 17.1 Å². The van der Waals surface area contributed by atoms with Crippen molar-refractivity contribution in [3.8, 4) is 17.0 Å². The van der Waals surface area contributed by atoms with Crippen LogP contribution in [0.3, 0.4) is 0 Å². The summed E-state index contributed by atoms with van der Waals surface area (Å²) in [5, 5.41) is 1.79. The van der Waals surface area contributed by atoms with Crippen LogP contribution < -0.4 is 4.74 Å². The number of hydrogen-bond acceptors (Lipinski definition) is 6. The molecule has 8 heteroatoms. The van der Waals surface area contributed by atoms with Gasteiger partial charge in [-0.3, -0.25) is 0 Å². The molecule has 1 atom stereocenters. The molecule has 1 aliphatic rings. The lowest BCUT2D eigenvalue weighted by atomic mass is 10.0. The Morgan fingerprint density at radius 1 is 1.14 bits per heavy atom. The number of aryl methyl sites for hydroxylation is 1. The van der Waals surface area contributed by atoms with Gasteiger partial charge >= 0.3 is 0 Å². The summed E-state index contributed by atoms with van der Waals surface area (Å²) in [6, 6.07) is 11.2. The van der Waals surface area contributed by atoms with Crippen molar-refractivity contribution in [2.45, 2.75) is 24.0 Å². The van der Waals surface area contributed by atoms with Crippen molar-refractivity contribution in [1.29, 1.82) is 0 Å². The lowest BCUT2D eigenvalue weighted by molar-refractivity contribution is 0.364. The minimum Gasteiger partial charge on any atom is -0.592 e. The van der Waals surface area contributed by atoms with Gasteiger partial charge in [-0.25, -0.2) is 9.97 Å². The van der Waals surface area contributed by atoms with E-state index >= 15 is 0 Å². The van der Waals surface area contributed by atoms with E-state index in [0.717, 1.165) is 28.3 Å². The van der Waals surface area contributed by atoms with Gasteiger partial charge in [0.15, 0.2) is 10.4 Å². The average Bonchev–Trinajstić information content (AvgIpc) is 3.16. The first-order valence-electron chi connectivity index (χ1n) is 9.03. The van der Waals surface area contributed by atoms with E-state index in [0.29, 0.717) is 36.0 Å². The van der Waals surface area contributed by atoms with E-state index in [1.165, 1.54) is 11.3 Å². The summed E-state index contributed by atoms with van der Waals surface area (Å²) in [4.78, 5) is 9.29. The zero-order valence-corrected chi connectivity index (χ0v) is 17.4. The molecule has 0 spiro atoms. The molecule has 0 saturated heterocycles. The third-order valence-electron chi connectivity index (χ3n) is 4.87. The second kappa shape index (κ2) is 7.71. The van der Waals surface area contributed by atoms with E-state index in [-0.39, 0.29) is 0 Å². The van der Waals surface area contributed by atoms with Gasteiger partial charge in [-0.15, -0.1) is 4.31 Å². The Bertz CT molecular complexity index is 1020. The highest BCUT2D eigenvalue weighted by atomic mass is 32.3. The summed E-state index contributed by atoms with van der Waals surface area (Å²) in [6.45, 7) is 2.72. The van der Waals surface area contributed by atoms with E-state index < -0.39 is 10.4 Å². The van der Waals surface area contributed by atoms with Crippen LogP contribution in [0.2, 0.25) is 0 Å². The molecule has 28 heavy (non-hydrogen) atoms. The van der Waals surface area contributed by atoms with Crippen LogP contribution in [-0.2, 0) is 27.5 Å². The molecule has 3 heterocycles. The Balaban J connectivity index is 1.68. The number of aromatic nitrogens is 2. The fourth-order valence-electron chi connectivity index (χ4n) is 3.47. The number of sulfonamides is 1. The van der Waals surface area contributed by atoms with Crippen molar-refractivity contribution in [1.82, 2.24) is 14.3 Å². The second-order valence-electron chi connectivity index (χ2n) is 6.61. The summed E-state index contributed by atoms with van der Waals surface area (Å²) in [5.41, 5.74) is 3.82. The number of thiophene rings is 1. The van der Waals surface area contributed by atoms with E-state index in [1.807, 2.05) is 31.2 Å². The van der Waals surface area contributed by atoms with Gasteiger partial charge in [0.2, 0.25) is 4.21 Å². The Labute approximate surface area is 169 Å². The summed E-state index contributed by atoms with van der Waals surface area (Å²) < 4.78 is 33.1. The first kappa shape index (κ1) is 19.2. The number of rotatable bonds is 4. The Morgan fingerprint density at radius 3 is 2.57 bits per heavy atom. The zero-order chi connectivity index (χ0) is 19.7. The summed E-state index contributed by atoms with van der Waals surface area (Å²) in [6.07, 6.45) is 1.16. The summed E-state index contributed by atoms with van der Waals surface area (Å²) in [7, 11) is -1.83. The number of fused-ring (bicyclic) bond motifs is 1. The van der Waals surface area contributed by atoms with Crippen LogP contribution in [0.25, 0.3) is 11.3 Å². The molecule has 1 aliphatic heterocycles. The molecule has 2 aromatic heterocycles. The van der Waals surface area contributed by atoms with E-state index in [1.54, 1.807) is 28.9 Å². The van der Waals surface area contributed by atoms with Gasteiger partial charge in [-0.2, -0.15) is 0 Å². The van der Waals surface area contributed by atoms with Gasteiger partial charge in [0.25, 0.3) is 0 Å². The molecule has 0 bridgehead atoms. The fourth-order valence-corrected chi connectivity index (χ4v) is 6.05. The van der Waals surface area contributed by atoms with Crippen molar-refractivity contribution >= 4 is 21.7 Å². The highest BCUT2D eigenvalue weighted by Crippen LogP contribution is 2.31. The van der Waals surface area contributed by atoms with Crippen LogP contribution >= 0.6 is 11.3 Å². The summed E-state index contributed by atoms with van der Waals surface area (Å²) >= 11 is 1.25. The molecular formula is C20H21N3O3S2. The van der Waals surface area contributed by atoms with Gasteiger partial charge in [-0.1, -0.05) is 15.5 Å². The molecular weight excluding hydrogens is 394 g/mol. The highest BCUT2D eigenvalue weighted by molar-refractivity contribution is 7.97. The molecule has 0 fully saturated rings. The minimum absolute atomic E-state index is 0.385. The Kier molecular flexibility index (Phi) is 5.29. The molecule has 1 aromatic carbocycles. The van der Waals surface area contributed by atoms with Crippen LogP contribution in [0, 0.1) is 6.92 Å². The standard InChI is InChI=1S/C20H21N3O3S2/c1-14-21-18-10-12-23(28(24,25)19-4-3-13-27-19)11-9-17(18)20(22-14)15-5-7-16(26-2)8-6-15/h3-8,13H,9-12H2,1-2H3. The quantitative estimate of drug-likeness (QED) is 0.609. The Morgan fingerprint density at radius 2 is 1.89 bits per heavy atom. The maximum Gasteiger partial charge on any atom is 0.229 e. The Hall–Kier alpha value is -2.13. The van der Waals surface area contributed by atoms with Crippen molar-refractivity contribution in [3.63, 3.8) is 0 Å². The van der Waals surface area contributed by atoms with Crippen LogP contribution in [-0.4, -0.2) is 39.0 Å². The SMILES string of the molecule is COc1ccc(-c2nc(C)nc3c2CCN([S+](=O)([O-])c2cccs2)CC3)cc1. The molecule has 146 valence electrons. The highest BCUT2D eigenvalue weighted by Gasteiger charge is 2.33. The molecule has 0 radical (unpaired) electrons. The first-order chi connectivity index (χ1) is 13.5. The molecule has 0 N–H and O–H groups in total. The minimum atomic E-state index is -3.47. The average molecular weight is 416 g/mol. The van der Waals surface area contributed by atoms with Crippen molar-refractivity contribution in [2.75, 3.05) is 20.2 Å². The molecule has 4 rings (SSSR count). The fraction of sp³-hybridized carbons (Fsp3) is 0.300. The van der Waals surface area contributed by atoms with Gasteiger partial charge in [0.05, 0.1) is 19.3 Å². The first-order valence-corrected chi connectivity index (χ1v) is 11.4. The van der Waals surface area contributed by atoms with Crippen LogP contribution in [0.5, 0.6) is 5.75 Å². The van der Waals surface area contributed by atoms with Gasteiger partial charge in [0.1, 0.15) is 11.6 Å². The third kappa shape index (κ3) is 3.60. The van der Waals surface area contributed by atoms with Crippen LogP contribution in [0.15, 0.2) is 46.0 Å².